The van der Waals surface area contributed by atoms with Crippen LogP contribution in [0.3, 0.4) is 0 Å². The summed E-state index contributed by atoms with van der Waals surface area (Å²) in [6, 6.07) is 6.31. The lowest BCUT2D eigenvalue weighted by Gasteiger charge is -2.23. The monoisotopic (exact) mass is 325 g/mol. The van der Waals surface area contributed by atoms with Crippen LogP contribution in [0.5, 0.6) is 5.75 Å². The molecule has 1 saturated heterocycles. The Balaban J connectivity index is 1.88. The minimum absolute atomic E-state index is 0.490. The van der Waals surface area contributed by atoms with Crippen molar-refractivity contribution in [3.63, 3.8) is 0 Å². The minimum atomic E-state index is 0.490. The fourth-order valence-electron chi connectivity index (χ4n) is 2.61. The third kappa shape index (κ3) is 4.50. The zero-order chi connectivity index (χ0) is 13.7. The first-order chi connectivity index (χ1) is 9.16. The molecule has 1 aliphatic heterocycles. The van der Waals surface area contributed by atoms with Crippen LogP contribution < -0.4 is 10.1 Å². The average Bonchev–Trinajstić information content (AvgIpc) is 2.41. The SMILES string of the molecule is CC(C)c1cc(Br)ccc1OCCC1CCCNC1. The zero-order valence-corrected chi connectivity index (χ0v) is 13.5. The van der Waals surface area contributed by atoms with Gasteiger partial charge in [0.1, 0.15) is 5.75 Å². The molecule has 1 unspecified atom stereocenters. The van der Waals surface area contributed by atoms with Crippen molar-refractivity contribution in [2.45, 2.75) is 39.0 Å². The van der Waals surface area contributed by atoms with Crippen molar-refractivity contribution in [2.24, 2.45) is 5.92 Å². The van der Waals surface area contributed by atoms with Crippen LogP contribution in [0.15, 0.2) is 22.7 Å². The Labute approximate surface area is 125 Å². The van der Waals surface area contributed by atoms with E-state index in [0.29, 0.717) is 5.92 Å². The van der Waals surface area contributed by atoms with Gasteiger partial charge in [0.25, 0.3) is 0 Å². The van der Waals surface area contributed by atoms with Crippen molar-refractivity contribution in [1.82, 2.24) is 5.32 Å². The Morgan fingerprint density at radius 1 is 1.42 bits per heavy atom. The highest BCUT2D eigenvalue weighted by atomic mass is 79.9. The largest absolute Gasteiger partial charge is 0.493 e. The molecule has 0 bridgehead atoms. The molecular weight excluding hydrogens is 302 g/mol. The van der Waals surface area contributed by atoms with Gasteiger partial charge in [0, 0.05) is 4.47 Å². The highest BCUT2D eigenvalue weighted by Crippen LogP contribution is 2.30. The van der Waals surface area contributed by atoms with Crippen molar-refractivity contribution >= 4 is 15.9 Å². The van der Waals surface area contributed by atoms with Crippen molar-refractivity contribution in [3.8, 4) is 5.75 Å². The van der Waals surface area contributed by atoms with E-state index in [2.05, 4.69) is 53.3 Å². The molecule has 1 aromatic rings. The summed E-state index contributed by atoms with van der Waals surface area (Å²) in [7, 11) is 0. The van der Waals surface area contributed by atoms with Gasteiger partial charge in [-0.3, -0.25) is 0 Å². The molecule has 19 heavy (non-hydrogen) atoms. The van der Waals surface area contributed by atoms with Crippen LogP contribution in [0.1, 0.15) is 44.6 Å². The second-order valence-corrected chi connectivity index (χ2v) is 6.60. The van der Waals surface area contributed by atoms with Gasteiger partial charge in [-0.1, -0.05) is 29.8 Å². The molecule has 1 aromatic carbocycles. The van der Waals surface area contributed by atoms with Gasteiger partial charge in [0.15, 0.2) is 0 Å². The summed E-state index contributed by atoms with van der Waals surface area (Å²) in [5, 5.41) is 3.46. The van der Waals surface area contributed by atoms with Crippen LogP contribution >= 0.6 is 15.9 Å². The number of hydrogen-bond acceptors (Lipinski definition) is 2. The summed E-state index contributed by atoms with van der Waals surface area (Å²) in [5.41, 5.74) is 1.29. The van der Waals surface area contributed by atoms with E-state index < -0.39 is 0 Å². The van der Waals surface area contributed by atoms with Crippen molar-refractivity contribution in [3.05, 3.63) is 28.2 Å². The molecule has 0 radical (unpaired) electrons. The Kier molecular flexibility index (Phi) is 5.71. The molecule has 1 aliphatic rings. The van der Waals surface area contributed by atoms with Gasteiger partial charge in [-0.25, -0.2) is 0 Å². The highest BCUT2D eigenvalue weighted by molar-refractivity contribution is 9.10. The van der Waals surface area contributed by atoms with Crippen LogP contribution in [-0.4, -0.2) is 19.7 Å². The van der Waals surface area contributed by atoms with Crippen LogP contribution in [0.2, 0.25) is 0 Å². The standard InChI is InChI=1S/C16H24BrNO/c1-12(2)15-10-14(17)5-6-16(15)19-9-7-13-4-3-8-18-11-13/h5-6,10,12-13,18H,3-4,7-9,11H2,1-2H3. The number of piperidine rings is 1. The van der Waals surface area contributed by atoms with E-state index in [1.165, 1.54) is 24.9 Å². The molecule has 1 atom stereocenters. The van der Waals surface area contributed by atoms with Crippen molar-refractivity contribution < 1.29 is 4.74 Å². The summed E-state index contributed by atoms with van der Waals surface area (Å²) in [6.07, 6.45) is 3.80. The van der Waals surface area contributed by atoms with E-state index in [4.69, 9.17) is 4.74 Å². The summed E-state index contributed by atoms with van der Waals surface area (Å²) in [5.74, 6) is 2.32. The molecule has 2 rings (SSSR count). The number of nitrogens with one attached hydrogen (secondary N) is 1. The minimum Gasteiger partial charge on any atom is -0.493 e. The third-order valence-electron chi connectivity index (χ3n) is 3.78. The summed E-state index contributed by atoms with van der Waals surface area (Å²) in [4.78, 5) is 0. The van der Waals surface area contributed by atoms with E-state index in [-0.39, 0.29) is 0 Å². The first-order valence-electron chi connectivity index (χ1n) is 7.30. The molecule has 1 heterocycles. The van der Waals surface area contributed by atoms with E-state index in [0.717, 1.165) is 35.7 Å². The molecular formula is C16H24BrNO. The topological polar surface area (TPSA) is 21.3 Å². The van der Waals surface area contributed by atoms with Gasteiger partial charge in [-0.2, -0.15) is 0 Å². The fraction of sp³-hybridized carbons (Fsp3) is 0.625. The molecule has 3 heteroatoms. The molecule has 0 saturated carbocycles. The van der Waals surface area contributed by atoms with Gasteiger partial charge in [0.05, 0.1) is 6.61 Å². The van der Waals surface area contributed by atoms with Gasteiger partial charge in [-0.05, 0) is 68.0 Å². The lowest BCUT2D eigenvalue weighted by atomic mass is 9.97. The van der Waals surface area contributed by atoms with Crippen molar-refractivity contribution in [1.29, 1.82) is 0 Å². The molecule has 0 aliphatic carbocycles. The van der Waals surface area contributed by atoms with Crippen LogP contribution in [0, 0.1) is 5.92 Å². The maximum absolute atomic E-state index is 6.01. The van der Waals surface area contributed by atoms with Crippen molar-refractivity contribution in [2.75, 3.05) is 19.7 Å². The molecule has 0 aromatic heterocycles. The number of rotatable bonds is 5. The smallest absolute Gasteiger partial charge is 0.122 e. The van der Waals surface area contributed by atoms with Crippen LogP contribution in [-0.2, 0) is 0 Å². The summed E-state index contributed by atoms with van der Waals surface area (Å²) < 4.78 is 7.13. The maximum Gasteiger partial charge on any atom is 0.122 e. The second kappa shape index (κ2) is 7.30. The van der Waals surface area contributed by atoms with Gasteiger partial charge in [0.2, 0.25) is 0 Å². The van der Waals surface area contributed by atoms with E-state index in [1.807, 2.05) is 0 Å². The van der Waals surface area contributed by atoms with Gasteiger partial charge < -0.3 is 10.1 Å². The number of benzene rings is 1. The Morgan fingerprint density at radius 2 is 2.26 bits per heavy atom. The number of ether oxygens (including phenoxy) is 1. The predicted octanol–water partition coefficient (Wildman–Crippen LogP) is 4.34. The molecule has 1 fully saturated rings. The lowest BCUT2D eigenvalue weighted by molar-refractivity contribution is 0.252. The van der Waals surface area contributed by atoms with E-state index in [9.17, 15) is 0 Å². The molecule has 2 nitrogen and oxygen atoms in total. The van der Waals surface area contributed by atoms with Crippen LogP contribution in [0.4, 0.5) is 0 Å². The molecule has 0 spiro atoms. The van der Waals surface area contributed by atoms with E-state index in [1.54, 1.807) is 0 Å². The lowest BCUT2D eigenvalue weighted by Crippen LogP contribution is -2.30. The normalized spacial score (nSPS) is 19.7. The molecule has 0 amide bonds. The third-order valence-corrected chi connectivity index (χ3v) is 4.27. The first-order valence-corrected chi connectivity index (χ1v) is 8.09. The Morgan fingerprint density at radius 3 is 2.95 bits per heavy atom. The molecule has 106 valence electrons. The van der Waals surface area contributed by atoms with Gasteiger partial charge in [-0.15, -0.1) is 0 Å². The number of hydrogen-bond donors (Lipinski definition) is 1. The number of halogens is 1. The summed E-state index contributed by atoms with van der Waals surface area (Å²) >= 11 is 3.53. The average molecular weight is 326 g/mol. The Hall–Kier alpha value is -0.540. The quantitative estimate of drug-likeness (QED) is 0.869. The Bertz CT molecular complexity index is 400. The summed E-state index contributed by atoms with van der Waals surface area (Å²) in [6.45, 7) is 7.58. The first kappa shape index (κ1) is 14.9. The van der Waals surface area contributed by atoms with E-state index >= 15 is 0 Å². The van der Waals surface area contributed by atoms with Crippen LogP contribution in [0.25, 0.3) is 0 Å². The maximum atomic E-state index is 6.01. The fourth-order valence-corrected chi connectivity index (χ4v) is 2.99. The van der Waals surface area contributed by atoms with Gasteiger partial charge >= 0.3 is 0 Å². The predicted molar refractivity (Wildman–Crippen MR) is 83.9 cm³/mol. The zero-order valence-electron chi connectivity index (χ0n) is 11.9. The highest BCUT2D eigenvalue weighted by Gasteiger charge is 2.14. The second-order valence-electron chi connectivity index (χ2n) is 5.69. The molecule has 1 N–H and O–H groups in total.